The molecule has 6 nitrogen and oxygen atoms in total. The minimum absolute atomic E-state index is 0.117. The lowest BCUT2D eigenvalue weighted by molar-refractivity contribution is -0.142. The first-order valence-corrected chi connectivity index (χ1v) is 7.25. The van der Waals surface area contributed by atoms with Crippen LogP contribution in [0.25, 0.3) is 0 Å². The zero-order valence-corrected chi connectivity index (χ0v) is 12.4. The van der Waals surface area contributed by atoms with E-state index >= 15 is 0 Å². The van der Waals surface area contributed by atoms with Gasteiger partial charge in [0.15, 0.2) is 0 Å². The number of piperidine rings is 1. The molecule has 1 saturated heterocycles. The molecular formula is C16H16N2O4. The van der Waals surface area contributed by atoms with Crippen LogP contribution in [0.3, 0.4) is 0 Å². The highest BCUT2D eigenvalue weighted by atomic mass is 16.2. The molecule has 1 unspecified atom stereocenters. The van der Waals surface area contributed by atoms with Gasteiger partial charge in [-0.1, -0.05) is 19.1 Å². The molecule has 1 N–H and O–H groups in total. The molecule has 1 atom stereocenters. The fraction of sp³-hybridized carbons (Fsp3) is 0.375. The van der Waals surface area contributed by atoms with Crippen molar-refractivity contribution in [2.75, 3.05) is 0 Å². The summed E-state index contributed by atoms with van der Waals surface area (Å²) < 4.78 is 0. The highest BCUT2D eigenvalue weighted by Gasteiger charge is 2.54. The Balaban J connectivity index is 2.11. The van der Waals surface area contributed by atoms with Crippen molar-refractivity contribution in [3.63, 3.8) is 0 Å². The zero-order valence-electron chi connectivity index (χ0n) is 12.4. The summed E-state index contributed by atoms with van der Waals surface area (Å²) in [6.45, 7) is 3.50. The van der Waals surface area contributed by atoms with Gasteiger partial charge in [0.25, 0.3) is 17.7 Å². The zero-order chi connectivity index (χ0) is 16.1. The van der Waals surface area contributed by atoms with E-state index in [1.165, 1.54) is 0 Å². The minimum atomic E-state index is -1.28. The van der Waals surface area contributed by atoms with Crippen LogP contribution in [0.4, 0.5) is 0 Å². The number of rotatable bonds is 2. The second kappa shape index (κ2) is 4.76. The number of benzene rings is 1. The highest BCUT2D eigenvalue weighted by Crippen LogP contribution is 2.37. The molecule has 22 heavy (non-hydrogen) atoms. The molecule has 0 saturated carbocycles. The molecule has 0 aliphatic carbocycles. The van der Waals surface area contributed by atoms with Crippen LogP contribution in [0.2, 0.25) is 0 Å². The lowest BCUT2D eigenvalue weighted by atomic mass is 9.84. The predicted molar refractivity (Wildman–Crippen MR) is 77.1 cm³/mol. The number of nitrogens with one attached hydrogen (secondary N) is 1. The number of hydrogen-bond donors (Lipinski definition) is 1. The van der Waals surface area contributed by atoms with E-state index in [0.29, 0.717) is 16.7 Å². The number of carbonyl (C=O) groups excluding carboxylic acids is 4. The van der Waals surface area contributed by atoms with Gasteiger partial charge >= 0.3 is 0 Å². The summed E-state index contributed by atoms with van der Waals surface area (Å²) in [5, 5.41) is 2.26. The van der Waals surface area contributed by atoms with E-state index in [2.05, 4.69) is 5.32 Å². The van der Waals surface area contributed by atoms with Crippen molar-refractivity contribution in [3.8, 4) is 0 Å². The molecule has 3 rings (SSSR count). The Labute approximate surface area is 127 Å². The fourth-order valence-corrected chi connectivity index (χ4v) is 3.29. The largest absolute Gasteiger partial charge is 0.294 e. The quantitative estimate of drug-likeness (QED) is 0.831. The van der Waals surface area contributed by atoms with Crippen molar-refractivity contribution in [3.05, 3.63) is 34.9 Å². The van der Waals surface area contributed by atoms with Crippen LogP contribution < -0.4 is 5.32 Å². The third-order valence-corrected chi connectivity index (χ3v) is 4.58. The molecule has 0 spiro atoms. The Morgan fingerprint density at radius 1 is 1.18 bits per heavy atom. The first-order chi connectivity index (χ1) is 10.4. The molecule has 2 aliphatic rings. The van der Waals surface area contributed by atoms with Crippen molar-refractivity contribution in [1.82, 2.24) is 10.2 Å². The van der Waals surface area contributed by atoms with Crippen molar-refractivity contribution in [2.24, 2.45) is 0 Å². The molecule has 2 heterocycles. The summed E-state index contributed by atoms with van der Waals surface area (Å²) in [5.74, 6) is -1.86. The number of hydrogen-bond acceptors (Lipinski definition) is 4. The lowest BCUT2D eigenvalue weighted by Gasteiger charge is -2.40. The van der Waals surface area contributed by atoms with Crippen LogP contribution in [0.1, 0.15) is 52.5 Å². The van der Waals surface area contributed by atoms with Crippen LogP contribution in [-0.2, 0) is 9.59 Å². The normalized spacial score (nSPS) is 24.5. The smallest absolute Gasteiger partial charge is 0.262 e. The average Bonchev–Trinajstić information content (AvgIpc) is 2.74. The van der Waals surface area contributed by atoms with Gasteiger partial charge in [-0.3, -0.25) is 29.4 Å². The molecular weight excluding hydrogens is 284 g/mol. The molecule has 1 aromatic carbocycles. The van der Waals surface area contributed by atoms with E-state index in [9.17, 15) is 19.2 Å². The Morgan fingerprint density at radius 3 is 2.50 bits per heavy atom. The summed E-state index contributed by atoms with van der Waals surface area (Å²) in [7, 11) is 0. The van der Waals surface area contributed by atoms with Crippen molar-refractivity contribution >= 4 is 23.6 Å². The van der Waals surface area contributed by atoms with Gasteiger partial charge in [-0.25, -0.2) is 0 Å². The molecule has 0 bridgehead atoms. The molecule has 114 valence electrons. The third-order valence-electron chi connectivity index (χ3n) is 4.58. The van der Waals surface area contributed by atoms with Crippen molar-refractivity contribution in [1.29, 1.82) is 0 Å². The average molecular weight is 300 g/mol. The second-order valence-electron chi connectivity index (χ2n) is 5.71. The molecule has 1 aromatic rings. The highest BCUT2D eigenvalue weighted by molar-refractivity contribution is 6.24. The van der Waals surface area contributed by atoms with Crippen LogP contribution >= 0.6 is 0 Å². The van der Waals surface area contributed by atoms with Crippen molar-refractivity contribution < 1.29 is 19.2 Å². The lowest BCUT2D eigenvalue weighted by Crippen LogP contribution is -2.64. The number of aryl methyl sites for hydroxylation is 1. The van der Waals surface area contributed by atoms with E-state index in [-0.39, 0.29) is 25.2 Å². The van der Waals surface area contributed by atoms with Gasteiger partial charge in [0.2, 0.25) is 5.91 Å². The van der Waals surface area contributed by atoms with E-state index in [1.807, 2.05) is 0 Å². The molecule has 4 amide bonds. The maximum atomic E-state index is 12.8. The van der Waals surface area contributed by atoms with E-state index < -0.39 is 23.3 Å². The summed E-state index contributed by atoms with van der Waals surface area (Å²) in [5.41, 5.74) is 0.0949. The molecule has 1 fully saturated rings. The second-order valence-corrected chi connectivity index (χ2v) is 5.71. The van der Waals surface area contributed by atoms with Gasteiger partial charge in [-0.15, -0.1) is 0 Å². The fourth-order valence-electron chi connectivity index (χ4n) is 3.29. The first kappa shape index (κ1) is 14.4. The Bertz CT molecular complexity index is 725. The summed E-state index contributed by atoms with van der Waals surface area (Å²) in [6.07, 6.45) is 0.557. The van der Waals surface area contributed by atoms with Crippen LogP contribution in [0.5, 0.6) is 0 Å². The first-order valence-electron chi connectivity index (χ1n) is 7.25. The summed E-state index contributed by atoms with van der Waals surface area (Å²) >= 11 is 0. The molecule has 0 radical (unpaired) electrons. The number of carbonyl (C=O) groups is 4. The van der Waals surface area contributed by atoms with Crippen molar-refractivity contribution in [2.45, 2.75) is 38.6 Å². The van der Waals surface area contributed by atoms with Gasteiger partial charge in [0.05, 0.1) is 11.1 Å². The Hall–Kier alpha value is -2.50. The Morgan fingerprint density at radius 2 is 1.91 bits per heavy atom. The van der Waals surface area contributed by atoms with Gasteiger partial charge in [0, 0.05) is 6.42 Å². The standard InChI is InChI=1S/C16H16N2O4/c1-3-16(8-7-11(19)17-15(16)22)18-13(20)10-6-4-5-9(2)12(10)14(18)21/h4-6H,3,7-8H2,1-2H3,(H,17,19,22). The van der Waals surface area contributed by atoms with Crippen LogP contribution in [0, 0.1) is 6.92 Å². The maximum Gasteiger partial charge on any atom is 0.262 e. The number of amides is 4. The van der Waals surface area contributed by atoms with Crippen LogP contribution in [-0.4, -0.2) is 34.1 Å². The number of fused-ring (bicyclic) bond motifs is 1. The molecule has 6 heteroatoms. The molecule has 2 aliphatic heterocycles. The van der Waals surface area contributed by atoms with E-state index in [4.69, 9.17) is 0 Å². The minimum Gasteiger partial charge on any atom is -0.294 e. The monoisotopic (exact) mass is 300 g/mol. The van der Waals surface area contributed by atoms with Crippen LogP contribution in [0.15, 0.2) is 18.2 Å². The van der Waals surface area contributed by atoms with Gasteiger partial charge in [-0.05, 0) is 31.4 Å². The van der Waals surface area contributed by atoms with E-state index in [1.54, 1.807) is 32.0 Å². The van der Waals surface area contributed by atoms with Gasteiger partial charge < -0.3 is 0 Å². The Kier molecular flexibility index (Phi) is 3.12. The number of imide groups is 2. The van der Waals surface area contributed by atoms with Gasteiger partial charge in [-0.2, -0.15) is 0 Å². The SMILES string of the molecule is CCC1(N2C(=O)c3cccc(C)c3C2=O)CCC(=O)NC1=O. The van der Waals surface area contributed by atoms with E-state index in [0.717, 1.165) is 4.90 Å². The van der Waals surface area contributed by atoms with Gasteiger partial charge in [0.1, 0.15) is 5.54 Å². The maximum absolute atomic E-state index is 12.8. The summed E-state index contributed by atoms with van der Waals surface area (Å²) in [6, 6.07) is 5.07. The molecule has 0 aromatic heterocycles. The third kappa shape index (κ3) is 1.73. The topological polar surface area (TPSA) is 83.6 Å². The summed E-state index contributed by atoms with van der Waals surface area (Å²) in [4.78, 5) is 50.3. The number of nitrogens with zero attached hydrogens (tertiary/aromatic N) is 1. The predicted octanol–water partition coefficient (Wildman–Crippen LogP) is 1.18.